The molecule has 0 rings (SSSR count). The minimum atomic E-state index is -4.62. The van der Waals surface area contributed by atoms with Crippen molar-refractivity contribution in [1.82, 2.24) is 5.32 Å². The number of aliphatic hydroxyl groups is 1. The third-order valence-electron chi connectivity index (χ3n) is 12.9. The zero-order valence-electron chi connectivity index (χ0n) is 49.0. The minimum Gasteiger partial charge on any atom is -0.756 e. The summed E-state index contributed by atoms with van der Waals surface area (Å²) in [7, 11) is 1.22. The van der Waals surface area contributed by atoms with E-state index < -0.39 is 26.6 Å². The van der Waals surface area contributed by atoms with Gasteiger partial charge in [0.25, 0.3) is 7.82 Å². The van der Waals surface area contributed by atoms with E-state index >= 15 is 0 Å². The van der Waals surface area contributed by atoms with Crippen LogP contribution in [0, 0.1) is 0 Å². The second kappa shape index (κ2) is 55.6. The van der Waals surface area contributed by atoms with Gasteiger partial charge in [-0.1, -0.05) is 251 Å². The molecule has 0 aromatic rings. The number of rotatable bonds is 54. The number of allylic oxidation sites excluding steroid dienone is 19. The molecule has 3 atom stereocenters. The second-order valence-corrected chi connectivity index (χ2v) is 22.7. The van der Waals surface area contributed by atoms with E-state index in [-0.39, 0.29) is 12.5 Å². The van der Waals surface area contributed by atoms with E-state index in [9.17, 15) is 19.4 Å². The first-order valence-corrected chi connectivity index (χ1v) is 31.9. The summed E-state index contributed by atoms with van der Waals surface area (Å²) in [4.78, 5) is 25.5. The van der Waals surface area contributed by atoms with Gasteiger partial charge in [-0.25, -0.2) is 0 Å². The highest BCUT2D eigenvalue weighted by atomic mass is 31.2. The van der Waals surface area contributed by atoms with E-state index in [0.717, 1.165) is 89.9 Å². The van der Waals surface area contributed by atoms with Crippen LogP contribution in [0.1, 0.15) is 239 Å². The van der Waals surface area contributed by atoms with E-state index in [1.54, 1.807) is 6.08 Å². The average molecular weight is 1060 g/mol. The average Bonchev–Trinajstić information content (AvgIpc) is 3.37. The van der Waals surface area contributed by atoms with Crippen molar-refractivity contribution >= 4 is 13.7 Å². The largest absolute Gasteiger partial charge is 0.756 e. The number of carbonyl (C=O) groups is 1. The van der Waals surface area contributed by atoms with Crippen LogP contribution in [0.4, 0.5) is 0 Å². The molecule has 0 bridgehead atoms. The summed E-state index contributed by atoms with van der Waals surface area (Å²) in [6, 6.07) is -0.918. The van der Waals surface area contributed by atoms with Gasteiger partial charge in [0.1, 0.15) is 13.2 Å². The monoisotopic (exact) mass is 1060 g/mol. The van der Waals surface area contributed by atoms with Crippen molar-refractivity contribution in [1.29, 1.82) is 0 Å². The van der Waals surface area contributed by atoms with Gasteiger partial charge in [-0.3, -0.25) is 9.36 Å². The molecule has 2 N–H and O–H groups in total. The van der Waals surface area contributed by atoms with Gasteiger partial charge in [0.15, 0.2) is 0 Å². The lowest BCUT2D eigenvalue weighted by Crippen LogP contribution is -2.45. The van der Waals surface area contributed by atoms with Gasteiger partial charge >= 0.3 is 0 Å². The van der Waals surface area contributed by atoms with Crippen LogP contribution in [-0.4, -0.2) is 68.5 Å². The van der Waals surface area contributed by atoms with Crippen LogP contribution < -0.4 is 10.2 Å². The highest BCUT2D eigenvalue weighted by Gasteiger charge is 2.23. The summed E-state index contributed by atoms with van der Waals surface area (Å²) >= 11 is 0. The van der Waals surface area contributed by atoms with Crippen molar-refractivity contribution in [2.45, 2.75) is 251 Å². The van der Waals surface area contributed by atoms with Gasteiger partial charge in [-0.05, 0) is 103 Å². The number of amides is 1. The fraction of sp³-hybridized carbons (Fsp3) is 0.682. The Labute approximate surface area is 463 Å². The fourth-order valence-corrected chi connectivity index (χ4v) is 8.89. The highest BCUT2D eigenvalue weighted by molar-refractivity contribution is 7.45. The SMILES string of the molecule is CC/C=C\C/C=C\C/C=C\C/C=C\C/C=C\C/C=C\C/C=C\CCCCCCCCCCCCCCCC(=O)NC(COP(=O)([O-])OCC[N+](C)(C)C)C(O)/C=C/CC/C=C/CC/C=C/CCCCCCCCCC. The molecule has 9 heteroatoms. The zero-order chi connectivity index (χ0) is 54.9. The molecule has 1 amide bonds. The maximum absolute atomic E-state index is 13.0. The van der Waals surface area contributed by atoms with Crippen molar-refractivity contribution < 1.29 is 32.9 Å². The molecule has 0 aliphatic heterocycles. The van der Waals surface area contributed by atoms with E-state index in [1.165, 1.54) is 128 Å². The molecule has 0 heterocycles. The number of nitrogens with one attached hydrogen (secondary N) is 1. The van der Waals surface area contributed by atoms with Crippen molar-refractivity contribution in [2.24, 2.45) is 0 Å². The summed E-state index contributed by atoms with van der Waals surface area (Å²) in [5.74, 6) is -0.217. The quantitative estimate of drug-likeness (QED) is 0.0272. The van der Waals surface area contributed by atoms with E-state index in [0.29, 0.717) is 17.4 Å². The summed E-state index contributed by atoms with van der Waals surface area (Å²) in [6.07, 6.45) is 82.8. The molecule has 75 heavy (non-hydrogen) atoms. The Balaban J connectivity index is 4.18. The first-order chi connectivity index (χ1) is 36.5. The number of carbonyl (C=O) groups excluding carboxylic acids is 1. The first-order valence-electron chi connectivity index (χ1n) is 30.4. The Hall–Kier alpha value is -3.10. The van der Waals surface area contributed by atoms with E-state index in [2.05, 4.69) is 129 Å². The molecule has 0 radical (unpaired) electrons. The second-order valence-electron chi connectivity index (χ2n) is 21.3. The summed E-state index contributed by atoms with van der Waals surface area (Å²) in [5, 5.41) is 13.9. The van der Waals surface area contributed by atoms with Gasteiger partial charge in [0.2, 0.25) is 5.91 Å². The predicted octanol–water partition coefficient (Wildman–Crippen LogP) is 18.3. The number of hydrogen-bond donors (Lipinski definition) is 2. The lowest BCUT2D eigenvalue weighted by Gasteiger charge is -2.29. The van der Waals surface area contributed by atoms with Crippen LogP contribution in [-0.2, 0) is 18.4 Å². The lowest BCUT2D eigenvalue weighted by atomic mass is 10.0. The number of phosphoric acid groups is 1. The molecule has 3 unspecified atom stereocenters. The lowest BCUT2D eigenvalue weighted by molar-refractivity contribution is -0.870. The van der Waals surface area contributed by atoms with Crippen LogP contribution in [0.2, 0.25) is 0 Å². The Morgan fingerprint density at radius 2 is 0.827 bits per heavy atom. The fourth-order valence-electron chi connectivity index (χ4n) is 8.16. The topological polar surface area (TPSA) is 108 Å². The maximum Gasteiger partial charge on any atom is 0.268 e. The summed E-state index contributed by atoms with van der Waals surface area (Å²) < 4.78 is 23.3. The van der Waals surface area contributed by atoms with Crippen LogP contribution in [0.3, 0.4) is 0 Å². The van der Waals surface area contributed by atoms with Crippen LogP contribution in [0.15, 0.2) is 122 Å². The van der Waals surface area contributed by atoms with Gasteiger partial charge in [-0.2, -0.15) is 0 Å². The first kappa shape index (κ1) is 71.9. The number of nitrogens with zero attached hydrogens (tertiary/aromatic N) is 1. The molecule has 8 nitrogen and oxygen atoms in total. The Morgan fingerprint density at radius 1 is 0.480 bits per heavy atom. The molecule has 0 fully saturated rings. The third-order valence-corrected chi connectivity index (χ3v) is 13.8. The maximum atomic E-state index is 13.0. The third kappa shape index (κ3) is 58.4. The van der Waals surface area contributed by atoms with E-state index in [1.807, 2.05) is 27.2 Å². The van der Waals surface area contributed by atoms with Crippen molar-refractivity contribution in [3.63, 3.8) is 0 Å². The molecule has 430 valence electrons. The van der Waals surface area contributed by atoms with Crippen LogP contribution in [0.25, 0.3) is 0 Å². The van der Waals surface area contributed by atoms with Crippen LogP contribution in [0.5, 0.6) is 0 Å². The van der Waals surface area contributed by atoms with Crippen molar-refractivity contribution in [3.05, 3.63) is 122 Å². The smallest absolute Gasteiger partial charge is 0.268 e. The Kier molecular flexibility index (Phi) is 53.3. The van der Waals surface area contributed by atoms with Crippen LogP contribution >= 0.6 is 7.82 Å². The Bertz CT molecular complexity index is 1630. The highest BCUT2D eigenvalue weighted by Crippen LogP contribution is 2.38. The standard InChI is InChI=1S/C66H115N2O6P/c1-6-8-10-12-14-16-18-20-22-24-26-27-28-29-30-31-32-33-34-35-36-37-38-39-40-41-42-44-46-48-50-52-54-56-58-60-66(70)67-64(63-74-75(71,72)73-62-61-68(3,4)5)65(69)59-57-55-53-51-49-47-45-43-25-23-21-19-17-15-13-11-9-7-2/h8,10,14,16,20,22,25-27,29-30,32-33,35-36,43,49,51,57,59,64-65,69H,6-7,9,11-13,15,17-19,21,23-24,28,31,34,37-42,44-48,50,52-56,58,60-63H2,1-5H3,(H-,67,70,71,72)/b10-8-,16-14-,22-20-,27-26-,30-29-,33-32-,36-35-,43-25+,51-49+,59-57+. The molecule has 0 aromatic heterocycles. The molecular formula is C66H115N2O6P. The van der Waals surface area contributed by atoms with Gasteiger partial charge in [0, 0.05) is 6.42 Å². The van der Waals surface area contributed by atoms with Gasteiger partial charge in [0.05, 0.1) is 39.9 Å². The van der Waals surface area contributed by atoms with E-state index in [4.69, 9.17) is 9.05 Å². The Morgan fingerprint density at radius 3 is 1.24 bits per heavy atom. The number of phosphoric ester groups is 1. The summed E-state index contributed by atoms with van der Waals surface area (Å²) in [6.45, 7) is 4.50. The summed E-state index contributed by atoms with van der Waals surface area (Å²) in [5.41, 5.74) is 0. The van der Waals surface area contributed by atoms with Gasteiger partial charge in [-0.15, -0.1) is 0 Å². The number of aliphatic hydroxyl groups excluding tert-OH is 1. The molecule has 0 aliphatic rings. The number of unbranched alkanes of at least 4 members (excludes halogenated alkanes) is 23. The molecule has 0 aromatic carbocycles. The molecule has 0 saturated carbocycles. The zero-order valence-corrected chi connectivity index (χ0v) is 49.8. The number of hydrogen-bond acceptors (Lipinski definition) is 6. The molecular weight excluding hydrogens is 948 g/mol. The molecule has 0 spiro atoms. The normalized spacial score (nSPS) is 14.7. The van der Waals surface area contributed by atoms with Crippen molar-refractivity contribution in [3.8, 4) is 0 Å². The molecule has 0 saturated heterocycles. The minimum absolute atomic E-state index is 0.0142. The number of quaternary nitrogens is 1. The van der Waals surface area contributed by atoms with Crippen molar-refractivity contribution in [2.75, 3.05) is 40.9 Å². The van der Waals surface area contributed by atoms with Gasteiger partial charge < -0.3 is 28.8 Å². The predicted molar refractivity (Wildman–Crippen MR) is 325 cm³/mol. The number of likely N-dealkylation sites (N-methyl/N-ethyl adjacent to an activating group) is 1. The molecule has 0 aliphatic carbocycles.